The molecule has 2 atom stereocenters. The van der Waals surface area contributed by atoms with Crippen molar-refractivity contribution in [3.8, 4) is 0 Å². The molecular weight excluding hydrogens is 190 g/mol. The quantitative estimate of drug-likeness (QED) is 0.821. The number of Topliss-reactive ketones (excluding diaryl/α,β-unsaturated/α-hetero) is 1. The van der Waals surface area contributed by atoms with Crippen LogP contribution in [0.4, 0.5) is 0 Å². The summed E-state index contributed by atoms with van der Waals surface area (Å²) in [6.07, 6.45) is 4.15. The Morgan fingerprint density at radius 2 is 2.47 bits per heavy atom. The van der Waals surface area contributed by atoms with Crippen molar-refractivity contribution in [2.24, 2.45) is 5.92 Å². The van der Waals surface area contributed by atoms with Crippen molar-refractivity contribution in [1.82, 2.24) is 5.32 Å². The molecule has 0 radical (unpaired) electrons. The maximum atomic E-state index is 11.9. The molecule has 1 saturated heterocycles. The van der Waals surface area contributed by atoms with Crippen LogP contribution in [0, 0.1) is 5.92 Å². The largest absolute Gasteiger partial charge is 0.469 e. The van der Waals surface area contributed by atoms with Gasteiger partial charge in [-0.3, -0.25) is 4.79 Å². The van der Waals surface area contributed by atoms with Gasteiger partial charge in [-0.25, -0.2) is 0 Å². The van der Waals surface area contributed by atoms with Crippen molar-refractivity contribution in [2.75, 3.05) is 6.54 Å². The molecule has 1 fully saturated rings. The summed E-state index contributed by atoms with van der Waals surface area (Å²) in [5.74, 6) is 1.24. The minimum absolute atomic E-state index is 0.173. The zero-order valence-electron chi connectivity index (χ0n) is 9.03. The maximum Gasteiger partial charge on any atom is 0.144 e. The highest BCUT2D eigenvalue weighted by atomic mass is 16.3. The van der Waals surface area contributed by atoms with Crippen molar-refractivity contribution in [2.45, 2.75) is 32.2 Å². The monoisotopic (exact) mass is 207 g/mol. The van der Waals surface area contributed by atoms with Crippen LogP contribution in [0.15, 0.2) is 22.8 Å². The molecule has 0 bridgehead atoms. The standard InChI is InChI=1S/C12H17NO2/c1-9-4-5-10(8-13-9)12(14)7-11-3-2-6-15-11/h2-3,6,9-10,13H,4-5,7-8H2,1H3. The van der Waals surface area contributed by atoms with Crippen LogP contribution in [0.1, 0.15) is 25.5 Å². The molecule has 1 aliphatic rings. The number of hydrogen-bond acceptors (Lipinski definition) is 3. The molecule has 1 aliphatic heterocycles. The molecule has 2 rings (SSSR count). The number of rotatable bonds is 3. The summed E-state index contributed by atoms with van der Waals surface area (Å²) < 4.78 is 5.17. The fraction of sp³-hybridized carbons (Fsp3) is 0.583. The van der Waals surface area contributed by atoms with Crippen LogP contribution in [0.5, 0.6) is 0 Å². The normalized spacial score (nSPS) is 26.5. The number of piperidine rings is 1. The third kappa shape index (κ3) is 2.69. The van der Waals surface area contributed by atoms with E-state index < -0.39 is 0 Å². The van der Waals surface area contributed by atoms with Crippen molar-refractivity contribution in [3.05, 3.63) is 24.2 Å². The molecular formula is C12H17NO2. The first-order valence-electron chi connectivity index (χ1n) is 5.54. The number of carbonyl (C=O) groups is 1. The molecule has 0 aromatic carbocycles. The van der Waals surface area contributed by atoms with Crippen LogP contribution >= 0.6 is 0 Å². The Balaban J connectivity index is 1.86. The Bertz CT molecular complexity index is 310. The molecule has 1 aromatic rings. The summed E-state index contributed by atoms with van der Waals surface area (Å²) in [6, 6.07) is 4.23. The minimum atomic E-state index is 0.173. The van der Waals surface area contributed by atoms with E-state index in [9.17, 15) is 4.79 Å². The van der Waals surface area contributed by atoms with E-state index >= 15 is 0 Å². The lowest BCUT2D eigenvalue weighted by Crippen LogP contribution is -2.40. The topological polar surface area (TPSA) is 42.2 Å². The summed E-state index contributed by atoms with van der Waals surface area (Å²) in [5, 5.41) is 3.34. The highest BCUT2D eigenvalue weighted by Gasteiger charge is 2.24. The van der Waals surface area contributed by atoms with Gasteiger partial charge in [0.05, 0.1) is 12.7 Å². The van der Waals surface area contributed by atoms with Gasteiger partial charge >= 0.3 is 0 Å². The molecule has 3 heteroatoms. The van der Waals surface area contributed by atoms with Crippen LogP contribution in [0.2, 0.25) is 0 Å². The lowest BCUT2D eigenvalue weighted by atomic mass is 9.90. The molecule has 0 aliphatic carbocycles. The first-order valence-corrected chi connectivity index (χ1v) is 5.54. The average molecular weight is 207 g/mol. The summed E-state index contributed by atoms with van der Waals surface area (Å²) in [5.41, 5.74) is 0. The number of hydrogen-bond donors (Lipinski definition) is 1. The lowest BCUT2D eigenvalue weighted by molar-refractivity contribution is -0.123. The smallest absolute Gasteiger partial charge is 0.144 e. The molecule has 15 heavy (non-hydrogen) atoms. The van der Waals surface area contributed by atoms with Gasteiger partial charge < -0.3 is 9.73 Å². The van der Waals surface area contributed by atoms with Gasteiger partial charge in [-0.15, -0.1) is 0 Å². The molecule has 1 N–H and O–H groups in total. The Hall–Kier alpha value is -1.09. The van der Waals surface area contributed by atoms with E-state index in [1.807, 2.05) is 12.1 Å². The second-order valence-corrected chi connectivity index (χ2v) is 4.31. The van der Waals surface area contributed by atoms with E-state index in [0.717, 1.165) is 25.1 Å². The van der Waals surface area contributed by atoms with Crippen molar-refractivity contribution >= 4 is 5.78 Å². The highest BCUT2D eigenvalue weighted by Crippen LogP contribution is 2.17. The Kier molecular flexibility index (Phi) is 3.21. The summed E-state index contributed by atoms with van der Waals surface area (Å²) in [4.78, 5) is 11.9. The summed E-state index contributed by atoms with van der Waals surface area (Å²) in [6.45, 7) is 2.98. The Morgan fingerprint density at radius 3 is 3.07 bits per heavy atom. The number of carbonyl (C=O) groups excluding carboxylic acids is 1. The van der Waals surface area contributed by atoms with Crippen LogP contribution in [0.3, 0.4) is 0 Å². The number of ketones is 1. The molecule has 0 amide bonds. The Morgan fingerprint density at radius 1 is 1.60 bits per heavy atom. The summed E-state index contributed by atoms with van der Waals surface area (Å²) in [7, 11) is 0. The van der Waals surface area contributed by atoms with Gasteiger partial charge in [-0.05, 0) is 31.9 Å². The van der Waals surface area contributed by atoms with Crippen molar-refractivity contribution in [1.29, 1.82) is 0 Å². The molecule has 2 heterocycles. The molecule has 1 aromatic heterocycles. The minimum Gasteiger partial charge on any atom is -0.469 e. The number of furan rings is 1. The van der Waals surface area contributed by atoms with Gasteiger partial charge in [-0.2, -0.15) is 0 Å². The zero-order valence-corrected chi connectivity index (χ0v) is 9.03. The predicted octanol–water partition coefficient (Wildman–Crippen LogP) is 1.78. The molecule has 0 spiro atoms. The highest BCUT2D eigenvalue weighted by molar-refractivity contribution is 5.83. The van der Waals surface area contributed by atoms with E-state index in [0.29, 0.717) is 18.2 Å². The van der Waals surface area contributed by atoms with Gasteiger partial charge in [0, 0.05) is 18.5 Å². The second-order valence-electron chi connectivity index (χ2n) is 4.31. The third-order valence-corrected chi connectivity index (χ3v) is 3.04. The molecule has 3 nitrogen and oxygen atoms in total. The molecule has 0 saturated carbocycles. The van der Waals surface area contributed by atoms with Gasteiger partial charge in [0.2, 0.25) is 0 Å². The van der Waals surface area contributed by atoms with E-state index in [-0.39, 0.29) is 5.92 Å². The zero-order chi connectivity index (χ0) is 10.7. The van der Waals surface area contributed by atoms with Crippen LogP contribution in [-0.2, 0) is 11.2 Å². The van der Waals surface area contributed by atoms with Gasteiger partial charge in [0.25, 0.3) is 0 Å². The van der Waals surface area contributed by atoms with Crippen molar-refractivity contribution in [3.63, 3.8) is 0 Å². The van der Waals surface area contributed by atoms with E-state index in [1.54, 1.807) is 6.26 Å². The van der Waals surface area contributed by atoms with Crippen LogP contribution < -0.4 is 5.32 Å². The average Bonchev–Trinajstić information content (AvgIpc) is 2.71. The van der Waals surface area contributed by atoms with Gasteiger partial charge in [0.1, 0.15) is 11.5 Å². The van der Waals surface area contributed by atoms with E-state index in [4.69, 9.17) is 4.42 Å². The van der Waals surface area contributed by atoms with Gasteiger partial charge in [-0.1, -0.05) is 0 Å². The molecule has 2 unspecified atom stereocenters. The number of nitrogens with one attached hydrogen (secondary N) is 1. The van der Waals surface area contributed by atoms with E-state index in [1.165, 1.54) is 0 Å². The maximum absolute atomic E-state index is 11.9. The van der Waals surface area contributed by atoms with Crippen molar-refractivity contribution < 1.29 is 9.21 Å². The third-order valence-electron chi connectivity index (χ3n) is 3.04. The first kappa shape index (κ1) is 10.4. The van der Waals surface area contributed by atoms with Crippen LogP contribution in [-0.4, -0.2) is 18.4 Å². The van der Waals surface area contributed by atoms with Crippen LogP contribution in [0.25, 0.3) is 0 Å². The van der Waals surface area contributed by atoms with E-state index in [2.05, 4.69) is 12.2 Å². The SMILES string of the molecule is CC1CCC(C(=O)Cc2ccco2)CN1. The predicted molar refractivity (Wildman–Crippen MR) is 57.6 cm³/mol. The fourth-order valence-electron chi connectivity index (χ4n) is 2.00. The van der Waals surface area contributed by atoms with Gasteiger partial charge in [0.15, 0.2) is 0 Å². The fourth-order valence-corrected chi connectivity index (χ4v) is 2.00. The first-order chi connectivity index (χ1) is 7.25. The lowest BCUT2D eigenvalue weighted by Gasteiger charge is -2.26. The summed E-state index contributed by atoms with van der Waals surface area (Å²) >= 11 is 0. The second kappa shape index (κ2) is 4.62. The Labute approximate surface area is 89.9 Å². The molecule has 82 valence electrons.